The molecule has 5 N–H and O–H groups in total. The van der Waals surface area contributed by atoms with E-state index in [1.54, 1.807) is 6.07 Å². The molecule has 0 aliphatic heterocycles. The Labute approximate surface area is 110 Å². The topological polar surface area (TPSA) is 110 Å². The Morgan fingerprint density at radius 3 is 2.42 bits per heavy atom. The molecule has 1 aromatic heterocycles. The molecular formula is C13H16N2O4. The summed E-state index contributed by atoms with van der Waals surface area (Å²) in [5.41, 5.74) is 1.77. The van der Waals surface area contributed by atoms with Gasteiger partial charge in [0.2, 0.25) is 0 Å². The second-order valence-electron chi connectivity index (χ2n) is 4.26. The molecule has 0 aliphatic rings. The lowest BCUT2D eigenvalue weighted by Gasteiger charge is -2.20. The zero-order valence-electron chi connectivity index (χ0n) is 10.1. The molecule has 1 heterocycles. The first-order valence-corrected chi connectivity index (χ1v) is 5.89. The molecule has 3 atom stereocenters. The Kier molecular flexibility index (Phi) is 4.28. The number of nitrogens with zero attached hydrogens (tertiary/aromatic N) is 1. The van der Waals surface area contributed by atoms with Gasteiger partial charge in [-0.1, -0.05) is 30.3 Å². The van der Waals surface area contributed by atoms with Crippen molar-refractivity contribution in [2.24, 2.45) is 0 Å². The van der Waals surface area contributed by atoms with E-state index in [1.807, 2.05) is 30.3 Å². The van der Waals surface area contributed by atoms with Crippen LogP contribution < -0.4 is 0 Å². The van der Waals surface area contributed by atoms with Crippen LogP contribution in [-0.2, 0) is 0 Å². The van der Waals surface area contributed by atoms with Gasteiger partial charge in [0.1, 0.15) is 18.3 Å². The molecule has 0 aliphatic carbocycles. The van der Waals surface area contributed by atoms with Gasteiger partial charge in [-0.25, -0.2) is 0 Å². The summed E-state index contributed by atoms with van der Waals surface area (Å²) in [6.07, 6.45) is -4.22. The second-order valence-corrected chi connectivity index (χ2v) is 4.26. The number of aromatic amines is 1. The summed E-state index contributed by atoms with van der Waals surface area (Å²) < 4.78 is 0. The number of nitrogens with one attached hydrogen (secondary N) is 1. The monoisotopic (exact) mass is 264 g/mol. The smallest absolute Gasteiger partial charge is 0.124 e. The van der Waals surface area contributed by atoms with Gasteiger partial charge < -0.3 is 20.4 Å². The van der Waals surface area contributed by atoms with Crippen molar-refractivity contribution in [1.82, 2.24) is 10.2 Å². The quantitative estimate of drug-likeness (QED) is 0.515. The maximum Gasteiger partial charge on any atom is 0.124 e. The van der Waals surface area contributed by atoms with E-state index in [9.17, 15) is 15.3 Å². The Morgan fingerprint density at radius 2 is 1.79 bits per heavy atom. The zero-order valence-corrected chi connectivity index (χ0v) is 10.1. The average molecular weight is 264 g/mol. The molecule has 0 saturated heterocycles. The average Bonchev–Trinajstić information content (AvgIpc) is 2.95. The van der Waals surface area contributed by atoms with E-state index < -0.39 is 24.9 Å². The number of hydrogen-bond acceptors (Lipinski definition) is 5. The number of aliphatic hydroxyl groups excluding tert-OH is 4. The molecule has 6 heteroatoms. The number of rotatable bonds is 5. The number of aromatic nitrogens is 2. The summed E-state index contributed by atoms with van der Waals surface area (Å²) in [6.45, 7) is -0.627. The molecule has 2 aromatic rings. The molecule has 0 spiro atoms. The normalized spacial score (nSPS) is 16.0. The van der Waals surface area contributed by atoms with Crippen molar-refractivity contribution >= 4 is 0 Å². The van der Waals surface area contributed by atoms with Gasteiger partial charge >= 0.3 is 0 Å². The number of aliphatic hydroxyl groups is 4. The van der Waals surface area contributed by atoms with E-state index in [0.717, 1.165) is 5.56 Å². The molecule has 1 aromatic carbocycles. The van der Waals surface area contributed by atoms with E-state index in [0.29, 0.717) is 5.69 Å². The van der Waals surface area contributed by atoms with Gasteiger partial charge in [-0.3, -0.25) is 5.10 Å². The van der Waals surface area contributed by atoms with Crippen molar-refractivity contribution in [3.05, 3.63) is 42.1 Å². The molecule has 0 amide bonds. The number of benzene rings is 1. The Balaban J connectivity index is 2.17. The van der Waals surface area contributed by atoms with Crippen molar-refractivity contribution in [2.45, 2.75) is 18.3 Å². The van der Waals surface area contributed by atoms with Crippen molar-refractivity contribution in [3.8, 4) is 11.3 Å². The standard InChI is InChI=1S/C13H16N2O4/c16-7-11(17)13(19)12(18)10-6-9(14-15-10)8-4-2-1-3-5-8/h1-6,11-13,16-19H,7H2,(H,14,15)/t11-,12+,13+/m1/s1. The van der Waals surface area contributed by atoms with Crippen LogP contribution in [0.2, 0.25) is 0 Å². The Bertz CT molecular complexity index is 514. The first-order valence-electron chi connectivity index (χ1n) is 5.89. The van der Waals surface area contributed by atoms with Crippen LogP contribution in [0.4, 0.5) is 0 Å². The molecule has 19 heavy (non-hydrogen) atoms. The van der Waals surface area contributed by atoms with Crippen LogP contribution in [0.1, 0.15) is 11.8 Å². The minimum atomic E-state index is -1.48. The van der Waals surface area contributed by atoms with Gasteiger partial charge in [0.15, 0.2) is 0 Å². The lowest BCUT2D eigenvalue weighted by molar-refractivity contribution is -0.0789. The van der Waals surface area contributed by atoms with E-state index in [1.165, 1.54) is 0 Å². The highest BCUT2D eigenvalue weighted by atomic mass is 16.4. The fourth-order valence-corrected chi connectivity index (χ4v) is 1.75. The fourth-order valence-electron chi connectivity index (χ4n) is 1.75. The minimum Gasteiger partial charge on any atom is -0.394 e. The Morgan fingerprint density at radius 1 is 1.11 bits per heavy atom. The van der Waals surface area contributed by atoms with E-state index in [4.69, 9.17) is 5.11 Å². The van der Waals surface area contributed by atoms with E-state index in [2.05, 4.69) is 10.2 Å². The molecular weight excluding hydrogens is 248 g/mol. The predicted octanol–water partition coefficient (Wildman–Crippen LogP) is -0.176. The summed E-state index contributed by atoms with van der Waals surface area (Å²) in [6, 6.07) is 10.9. The predicted molar refractivity (Wildman–Crippen MR) is 68.1 cm³/mol. The molecule has 102 valence electrons. The van der Waals surface area contributed by atoms with Gasteiger partial charge in [-0.15, -0.1) is 0 Å². The third-order valence-electron chi connectivity index (χ3n) is 2.89. The first kappa shape index (κ1) is 13.7. The maximum absolute atomic E-state index is 9.86. The highest BCUT2D eigenvalue weighted by Crippen LogP contribution is 2.23. The highest BCUT2D eigenvalue weighted by Gasteiger charge is 2.27. The van der Waals surface area contributed by atoms with Crippen LogP contribution in [0.5, 0.6) is 0 Å². The molecule has 2 rings (SSSR count). The lowest BCUT2D eigenvalue weighted by atomic mass is 10.0. The van der Waals surface area contributed by atoms with Gasteiger partial charge in [0.05, 0.1) is 18.0 Å². The summed E-state index contributed by atoms with van der Waals surface area (Å²) in [5, 5.41) is 44.1. The SMILES string of the molecule is OC[C@@H](O)[C@H](O)[C@@H](O)c1cc(-c2ccccc2)n[nH]1. The summed E-state index contributed by atoms with van der Waals surface area (Å²) >= 11 is 0. The minimum absolute atomic E-state index is 0.277. The van der Waals surface area contributed by atoms with Crippen LogP contribution in [0.15, 0.2) is 36.4 Å². The summed E-state index contributed by atoms with van der Waals surface area (Å²) in [7, 11) is 0. The third kappa shape index (κ3) is 2.99. The van der Waals surface area contributed by atoms with Crippen LogP contribution in [0.25, 0.3) is 11.3 Å². The molecule has 0 saturated carbocycles. The van der Waals surface area contributed by atoms with Crippen LogP contribution >= 0.6 is 0 Å². The highest BCUT2D eigenvalue weighted by molar-refractivity contribution is 5.59. The number of hydrogen-bond donors (Lipinski definition) is 5. The molecule has 0 radical (unpaired) electrons. The van der Waals surface area contributed by atoms with Crippen molar-refractivity contribution in [1.29, 1.82) is 0 Å². The van der Waals surface area contributed by atoms with Crippen LogP contribution in [0, 0.1) is 0 Å². The molecule has 0 unspecified atom stereocenters. The van der Waals surface area contributed by atoms with E-state index >= 15 is 0 Å². The van der Waals surface area contributed by atoms with Gasteiger partial charge in [0, 0.05) is 5.56 Å². The number of H-pyrrole nitrogens is 1. The molecule has 0 fully saturated rings. The van der Waals surface area contributed by atoms with Crippen LogP contribution in [-0.4, -0.2) is 49.4 Å². The van der Waals surface area contributed by atoms with Gasteiger partial charge in [0.25, 0.3) is 0 Å². The maximum atomic E-state index is 9.86. The largest absolute Gasteiger partial charge is 0.394 e. The molecule has 6 nitrogen and oxygen atoms in total. The summed E-state index contributed by atoms with van der Waals surface area (Å²) in [4.78, 5) is 0. The molecule has 0 bridgehead atoms. The van der Waals surface area contributed by atoms with Crippen molar-refractivity contribution in [3.63, 3.8) is 0 Å². The van der Waals surface area contributed by atoms with Crippen molar-refractivity contribution in [2.75, 3.05) is 6.61 Å². The Hall–Kier alpha value is -1.73. The second kappa shape index (κ2) is 5.94. The first-order chi connectivity index (χ1) is 9.13. The van der Waals surface area contributed by atoms with Crippen molar-refractivity contribution < 1.29 is 20.4 Å². The zero-order chi connectivity index (χ0) is 13.8. The lowest BCUT2D eigenvalue weighted by Crippen LogP contribution is -2.34. The van der Waals surface area contributed by atoms with Gasteiger partial charge in [-0.2, -0.15) is 5.10 Å². The third-order valence-corrected chi connectivity index (χ3v) is 2.89. The fraction of sp³-hybridized carbons (Fsp3) is 0.308. The van der Waals surface area contributed by atoms with E-state index in [-0.39, 0.29) is 5.69 Å². The van der Waals surface area contributed by atoms with Crippen LogP contribution in [0.3, 0.4) is 0 Å². The van der Waals surface area contributed by atoms with Gasteiger partial charge in [-0.05, 0) is 6.07 Å². The summed E-state index contributed by atoms with van der Waals surface area (Å²) in [5.74, 6) is 0.